The van der Waals surface area contributed by atoms with Gasteiger partial charge in [-0.2, -0.15) is 0 Å². The molecule has 22 heteroatoms. The van der Waals surface area contributed by atoms with Crippen molar-refractivity contribution >= 4 is 17.9 Å². The van der Waals surface area contributed by atoms with Gasteiger partial charge in [-0.25, -0.2) is 14.4 Å². The van der Waals surface area contributed by atoms with E-state index >= 15 is 0 Å². The molecule has 25 atom stereocenters. The minimum atomic E-state index is -2.10. The molecule has 5 aliphatic carbocycles. The molecule has 8 rings (SSSR count). The second-order valence-corrected chi connectivity index (χ2v) is 26.0. The van der Waals surface area contributed by atoms with Crippen molar-refractivity contribution in [1.82, 2.24) is 0 Å². The van der Waals surface area contributed by atoms with Gasteiger partial charge < -0.3 is 94.1 Å². The molecule has 79 heavy (non-hydrogen) atoms. The molecule has 0 aromatic carbocycles. The van der Waals surface area contributed by atoms with Crippen LogP contribution in [0.5, 0.6) is 0 Å². The summed E-state index contributed by atoms with van der Waals surface area (Å²) in [6, 6.07) is 0. The Balaban J connectivity index is 1.13. The number of aliphatic carboxylic acids is 1. The number of aliphatic hydroxyl groups is 10. The van der Waals surface area contributed by atoms with E-state index in [0.717, 1.165) is 5.57 Å². The van der Waals surface area contributed by atoms with Gasteiger partial charge in [-0.15, -0.1) is 0 Å². The fraction of sp³-hybridized carbons (Fsp3) is 0.842. The molecule has 0 aromatic rings. The van der Waals surface area contributed by atoms with Crippen LogP contribution in [-0.2, 0) is 52.3 Å². The quantitative estimate of drug-likeness (QED) is 0.0508. The fourth-order valence-corrected chi connectivity index (χ4v) is 16.2. The van der Waals surface area contributed by atoms with Crippen LogP contribution in [0, 0.1) is 56.2 Å². The largest absolute Gasteiger partial charge is 0.479 e. The molecule has 0 amide bonds. The van der Waals surface area contributed by atoms with E-state index in [1.165, 1.54) is 0 Å². The predicted octanol–water partition coefficient (Wildman–Crippen LogP) is 1.50. The highest BCUT2D eigenvalue weighted by Crippen LogP contribution is 2.76. The average molecular weight is 1130 g/mol. The van der Waals surface area contributed by atoms with E-state index in [1.54, 1.807) is 39.8 Å². The number of rotatable bonds is 14. The van der Waals surface area contributed by atoms with Crippen molar-refractivity contribution in [3.8, 4) is 0 Å². The Morgan fingerprint density at radius 2 is 1.29 bits per heavy atom. The van der Waals surface area contributed by atoms with Gasteiger partial charge in [0.05, 0.1) is 49.5 Å². The van der Waals surface area contributed by atoms with Gasteiger partial charge in [-0.1, -0.05) is 72.3 Å². The average Bonchev–Trinajstić information content (AvgIpc) is 3.37. The zero-order valence-electron chi connectivity index (χ0n) is 47.3. The topological polar surface area (TPSA) is 348 Å². The van der Waals surface area contributed by atoms with Crippen LogP contribution in [0.1, 0.15) is 121 Å². The van der Waals surface area contributed by atoms with Gasteiger partial charge >= 0.3 is 17.9 Å². The maximum atomic E-state index is 13.8. The Hall–Kier alpha value is -3.01. The Morgan fingerprint density at radius 3 is 1.86 bits per heavy atom. The molecule has 0 aromatic heterocycles. The summed E-state index contributed by atoms with van der Waals surface area (Å²) in [6.45, 7) is 19.4. The van der Waals surface area contributed by atoms with Gasteiger partial charge in [0.25, 0.3) is 0 Å². The van der Waals surface area contributed by atoms with Gasteiger partial charge in [-0.05, 0) is 112 Å². The lowest BCUT2D eigenvalue weighted by molar-refractivity contribution is -0.395. The van der Waals surface area contributed by atoms with Crippen molar-refractivity contribution in [3.05, 3.63) is 34.9 Å². The number of allylic oxidation sites excluding steroid dienone is 4. The van der Waals surface area contributed by atoms with Gasteiger partial charge in [-0.3, -0.25) is 0 Å². The summed E-state index contributed by atoms with van der Waals surface area (Å²) in [5.74, 6) is -4.82. The number of carboxylic acid groups (broad SMARTS) is 1. The highest BCUT2D eigenvalue weighted by atomic mass is 16.8. The normalized spacial score (nSPS) is 48.6. The number of hydrogen-bond acceptors (Lipinski definition) is 21. The minimum absolute atomic E-state index is 0.0240. The lowest BCUT2D eigenvalue weighted by Crippen LogP contribution is -2.72. The van der Waals surface area contributed by atoms with E-state index in [2.05, 4.69) is 40.7 Å². The summed E-state index contributed by atoms with van der Waals surface area (Å²) in [5, 5.41) is 121. The zero-order valence-corrected chi connectivity index (χ0v) is 47.3. The third-order valence-corrected chi connectivity index (χ3v) is 21.3. The molecule has 3 saturated heterocycles. The zero-order chi connectivity index (χ0) is 58.4. The van der Waals surface area contributed by atoms with E-state index < -0.39 is 181 Å². The molecule has 3 aliphatic heterocycles. The van der Waals surface area contributed by atoms with Gasteiger partial charge in [0.2, 0.25) is 0 Å². The number of esters is 2. The molecule has 0 bridgehead atoms. The first-order chi connectivity index (χ1) is 36.9. The maximum Gasteiger partial charge on any atom is 0.335 e. The molecular formula is C57H88O22. The van der Waals surface area contributed by atoms with E-state index in [1.807, 2.05) is 13.8 Å². The van der Waals surface area contributed by atoms with Crippen molar-refractivity contribution < 1.29 is 108 Å². The Morgan fingerprint density at radius 1 is 0.671 bits per heavy atom. The molecule has 11 N–H and O–H groups in total. The third-order valence-electron chi connectivity index (χ3n) is 21.3. The fourth-order valence-electron chi connectivity index (χ4n) is 16.2. The summed E-state index contributed by atoms with van der Waals surface area (Å²) in [6.07, 6.45) is -18.6. The number of carbonyl (C=O) groups excluding carboxylic acids is 2. The molecule has 4 saturated carbocycles. The molecule has 22 nitrogen and oxygen atoms in total. The van der Waals surface area contributed by atoms with Crippen molar-refractivity contribution in [3.63, 3.8) is 0 Å². The Labute approximate surface area is 461 Å². The molecule has 3 unspecified atom stereocenters. The van der Waals surface area contributed by atoms with E-state index in [-0.39, 0.29) is 23.7 Å². The molecule has 3 heterocycles. The van der Waals surface area contributed by atoms with Gasteiger partial charge in [0, 0.05) is 16.6 Å². The summed E-state index contributed by atoms with van der Waals surface area (Å²) in [5.41, 5.74) is -2.70. The van der Waals surface area contributed by atoms with Crippen LogP contribution in [-0.4, -0.2) is 198 Å². The SMILES string of the molecule is C/C=C(/C)C(=O)O[C@H]1[C@H](OC(=O)/C(C)=C/C)C(C)(C)CC2C3=CCC4[C@@]5(C)CC[C@H](O[C@@H]6O[C@H](C(=O)O)[C@@H](O)[C@H](O[C@@H]7O[C@@H](CO)[C@H](O)[C@H]7O)[C@H]6O[C@H]6O[C@H](O)[C@@H](O)[C@@H](O)[C@H]6CO)C(C)(C)C5CC[C@@]4(C)[C@]3(C)C[C@@H](O)[C@]21CO. The van der Waals surface area contributed by atoms with Crippen LogP contribution in [0.25, 0.3) is 0 Å². The van der Waals surface area contributed by atoms with Crippen LogP contribution in [0.3, 0.4) is 0 Å². The number of ether oxygens (including phenoxy) is 8. The highest BCUT2D eigenvalue weighted by molar-refractivity contribution is 5.89. The molecule has 7 fully saturated rings. The smallest absolute Gasteiger partial charge is 0.335 e. The number of fused-ring (bicyclic) bond motifs is 7. The number of carboxylic acids is 1. The van der Waals surface area contributed by atoms with Crippen molar-refractivity contribution in [1.29, 1.82) is 0 Å². The third kappa shape index (κ3) is 9.99. The monoisotopic (exact) mass is 1120 g/mol. The molecular weight excluding hydrogens is 1040 g/mol. The lowest BCUT2D eigenvalue weighted by Gasteiger charge is -2.72. The molecule has 8 aliphatic rings. The van der Waals surface area contributed by atoms with Crippen LogP contribution >= 0.6 is 0 Å². The van der Waals surface area contributed by atoms with Crippen LogP contribution in [0.15, 0.2) is 34.9 Å². The number of aliphatic hydroxyl groups excluding tert-OH is 10. The minimum Gasteiger partial charge on any atom is -0.479 e. The lowest BCUT2D eigenvalue weighted by atomic mass is 9.33. The predicted molar refractivity (Wildman–Crippen MR) is 275 cm³/mol. The van der Waals surface area contributed by atoms with Crippen molar-refractivity contribution in [2.24, 2.45) is 56.2 Å². The summed E-state index contributed by atoms with van der Waals surface area (Å²) in [4.78, 5) is 40.3. The van der Waals surface area contributed by atoms with E-state index in [4.69, 9.17) is 37.9 Å². The number of carbonyl (C=O) groups is 3. The number of hydrogen-bond donors (Lipinski definition) is 11. The summed E-state index contributed by atoms with van der Waals surface area (Å²) >= 11 is 0. The summed E-state index contributed by atoms with van der Waals surface area (Å²) < 4.78 is 49.2. The Bertz CT molecular complexity index is 2350. The second-order valence-electron chi connectivity index (χ2n) is 26.0. The maximum absolute atomic E-state index is 13.8. The molecule has 0 radical (unpaired) electrons. The van der Waals surface area contributed by atoms with Gasteiger partial charge in [0.15, 0.2) is 37.4 Å². The van der Waals surface area contributed by atoms with Crippen molar-refractivity contribution in [2.75, 3.05) is 19.8 Å². The first-order valence-electron chi connectivity index (χ1n) is 28.0. The first kappa shape index (κ1) is 62.0. The second kappa shape index (κ2) is 22.5. The van der Waals surface area contributed by atoms with Crippen LogP contribution in [0.2, 0.25) is 0 Å². The van der Waals surface area contributed by atoms with Crippen LogP contribution in [0.4, 0.5) is 0 Å². The highest BCUT2D eigenvalue weighted by Gasteiger charge is 2.74. The standard InChI is InChI=1S/C57H88O22/c1-12-25(3)46(69)77-43-44(78-47(70)26(4)13-2)57(24-60)29(20-52(43,5)6)28-14-15-32-54(9)18-17-34(53(7,8)31(54)16-19-55(32,10)56(28,11)21-33(57)61)73-51-42(76-49-27(22-58)35(62)37(64)48(71)79-49)40(39(66)41(75-51)45(67)68)74-50-38(65)36(63)30(23-59)72-50/h12-14,27,29-44,48-51,58-66,71H,15-24H2,1-11H3,(H,67,68)/b25-12+,26-13-/t27-,29?,30+,31?,32?,33-,34+,35+,36+,37+,38-,39+,40+,41+,42-,43+,44+,48+,49+,50+,51-,54+,55-,56-,57+/m1/s1. The van der Waals surface area contributed by atoms with E-state index in [0.29, 0.717) is 49.7 Å². The van der Waals surface area contributed by atoms with E-state index in [9.17, 15) is 70.6 Å². The first-order valence-corrected chi connectivity index (χ1v) is 28.0. The Kier molecular flexibility index (Phi) is 17.7. The van der Waals surface area contributed by atoms with Crippen molar-refractivity contribution in [2.45, 2.75) is 226 Å². The molecule has 0 spiro atoms. The molecule has 448 valence electrons. The summed E-state index contributed by atoms with van der Waals surface area (Å²) in [7, 11) is 0. The van der Waals surface area contributed by atoms with Crippen LogP contribution < -0.4 is 0 Å². The van der Waals surface area contributed by atoms with Gasteiger partial charge in [0.1, 0.15) is 48.8 Å².